The Morgan fingerprint density at radius 2 is 1.89 bits per heavy atom. The Labute approximate surface area is 161 Å². The molecule has 2 aromatic carbocycles. The van der Waals surface area contributed by atoms with Crippen LogP contribution in [-0.4, -0.2) is 37.9 Å². The van der Waals surface area contributed by atoms with E-state index in [2.05, 4.69) is 10.5 Å². The van der Waals surface area contributed by atoms with Crippen LogP contribution in [0, 0.1) is 5.82 Å². The zero-order valence-corrected chi connectivity index (χ0v) is 15.8. The molecule has 6 nitrogen and oxygen atoms in total. The molecule has 0 bridgehead atoms. The van der Waals surface area contributed by atoms with Crippen molar-refractivity contribution in [3.8, 4) is 0 Å². The van der Waals surface area contributed by atoms with Crippen LogP contribution in [0.2, 0.25) is 5.02 Å². The monoisotopic (exact) mass is 409 g/mol. The van der Waals surface area contributed by atoms with Crippen molar-refractivity contribution in [1.82, 2.24) is 9.73 Å². The predicted molar refractivity (Wildman–Crippen MR) is 101 cm³/mol. The minimum atomic E-state index is -3.62. The van der Waals surface area contributed by atoms with Crippen LogP contribution in [0.4, 0.5) is 4.39 Å². The molecule has 1 amide bonds. The third kappa shape index (κ3) is 4.35. The Morgan fingerprint density at radius 1 is 1.19 bits per heavy atom. The van der Waals surface area contributed by atoms with Crippen molar-refractivity contribution < 1.29 is 17.6 Å². The topological polar surface area (TPSA) is 78.8 Å². The molecule has 27 heavy (non-hydrogen) atoms. The van der Waals surface area contributed by atoms with Gasteiger partial charge in [0.25, 0.3) is 5.91 Å². The Balaban J connectivity index is 1.75. The van der Waals surface area contributed by atoms with Gasteiger partial charge in [-0.15, -0.1) is 0 Å². The van der Waals surface area contributed by atoms with Crippen LogP contribution in [0.1, 0.15) is 28.8 Å². The molecule has 0 aromatic heterocycles. The highest BCUT2D eigenvalue weighted by molar-refractivity contribution is 7.89. The maximum absolute atomic E-state index is 13.7. The molecule has 0 saturated carbocycles. The van der Waals surface area contributed by atoms with Crippen molar-refractivity contribution >= 4 is 33.7 Å². The van der Waals surface area contributed by atoms with Crippen LogP contribution < -0.4 is 5.43 Å². The molecule has 1 heterocycles. The second kappa shape index (κ2) is 8.16. The summed E-state index contributed by atoms with van der Waals surface area (Å²) >= 11 is 5.88. The Morgan fingerprint density at radius 3 is 2.59 bits per heavy atom. The third-order valence-electron chi connectivity index (χ3n) is 4.16. The third-order valence-corrected chi connectivity index (χ3v) is 6.38. The number of benzene rings is 2. The van der Waals surface area contributed by atoms with Gasteiger partial charge in [-0.3, -0.25) is 4.79 Å². The minimum absolute atomic E-state index is 0.0461. The second-order valence-electron chi connectivity index (χ2n) is 5.97. The molecule has 0 radical (unpaired) electrons. The highest BCUT2D eigenvalue weighted by Gasteiger charge is 2.27. The Kier molecular flexibility index (Phi) is 5.88. The molecule has 1 saturated heterocycles. The van der Waals surface area contributed by atoms with Crippen LogP contribution >= 0.6 is 11.6 Å². The quantitative estimate of drug-likeness (QED) is 0.609. The number of sulfonamides is 1. The summed E-state index contributed by atoms with van der Waals surface area (Å²) in [6.07, 6.45) is 2.75. The van der Waals surface area contributed by atoms with E-state index in [4.69, 9.17) is 11.6 Å². The molecule has 142 valence electrons. The van der Waals surface area contributed by atoms with E-state index in [0.29, 0.717) is 13.1 Å². The number of carbonyl (C=O) groups excluding carboxylic acids is 1. The number of carbonyl (C=O) groups is 1. The lowest BCUT2D eigenvalue weighted by Crippen LogP contribution is -2.28. The van der Waals surface area contributed by atoms with Gasteiger partial charge in [-0.1, -0.05) is 23.7 Å². The fourth-order valence-electron chi connectivity index (χ4n) is 2.73. The maximum atomic E-state index is 13.7. The molecule has 3 rings (SSSR count). The first-order chi connectivity index (χ1) is 12.9. The van der Waals surface area contributed by atoms with Gasteiger partial charge in [-0.2, -0.15) is 9.41 Å². The van der Waals surface area contributed by atoms with Gasteiger partial charge in [0, 0.05) is 24.2 Å². The average molecular weight is 410 g/mol. The normalized spacial score (nSPS) is 15.3. The molecule has 1 fully saturated rings. The van der Waals surface area contributed by atoms with Crippen molar-refractivity contribution in [3.63, 3.8) is 0 Å². The van der Waals surface area contributed by atoms with E-state index in [9.17, 15) is 17.6 Å². The van der Waals surface area contributed by atoms with Gasteiger partial charge in [0.05, 0.1) is 16.1 Å². The standard InChI is InChI=1S/C18H17ClFN3O3S/c19-16-7-4-8-17(20)15(16)12-21-22-18(24)13-5-3-6-14(11-13)27(25,26)23-9-1-2-10-23/h3-8,11-12H,1-2,9-10H2,(H,22,24)/b21-12-. The van der Waals surface area contributed by atoms with E-state index in [1.165, 1.54) is 46.8 Å². The first-order valence-electron chi connectivity index (χ1n) is 8.27. The highest BCUT2D eigenvalue weighted by atomic mass is 35.5. The first-order valence-corrected chi connectivity index (χ1v) is 10.1. The lowest BCUT2D eigenvalue weighted by atomic mass is 10.2. The van der Waals surface area contributed by atoms with E-state index in [-0.39, 0.29) is 21.0 Å². The van der Waals surface area contributed by atoms with E-state index < -0.39 is 21.7 Å². The molecule has 2 aromatic rings. The fourth-order valence-corrected chi connectivity index (χ4v) is 4.50. The number of halogens is 2. The van der Waals surface area contributed by atoms with Crippen molar-refractivity contribution in [1.29, 1.82) is 0 Å². The van der Waals surface area contributed by atoms with Crippen molar-refractivity contribution in [2.24, 2.45) is 5.10 Å². The van der Waals surface area contributed by atoms with E-state index in [1.807, 2.05) is 0 Å². The number of amides is 1. The lowest BCUT2D eigenvalue weighted by molar-refractivity contribution is 0.0955. The summed E-state index contributed by atoms with van der Waals surface area (Å²) < 4.78 is 40.3. The number of rotatable bonds is 5. The van der Waals surface area contributed by atoms with Crippen molar-refractivity contribution in [3.05, 3.63) is 64.4 Å². The summed E-state index contributed by atoms with van der Waals surface area (Å²) in [5.74, 6) is -1.18. The molecular weight excluding hydrogens is 393 g/mol. The largest absolute Gasteiger partial charge is 0.271 e. The molecule has 9 heteroatoms. The zero-order chi connectivity index (χ0) is 19.4. The highest BCUT2D eigenvalue weighted by Crippen LogP contribution is 2.21. The molecular formula is C18H17ClFN3O3S. The molecule has 1 aliphatic rings. The molecule has 1 aliphatic heterocycles. The summed E-state index contributed by atoms with van der Waals surface area (Å²) in [6.45, 7) is 0.957. The van der Waals surface area contributed by atoms with Gasteiger partial charge in [-0.25, -0.2) is 18.2 Å². The predicted octanol–water partition coefficient (Wildman–Crippen LogP) is 3.03. The number of hydrogen-bond donors (Lipinski definition) is 1. The number of nitrogens with one attached hydrogen (secondary N) is 1. The summed E-state index contributed by atoms with van der Waals surface area (Å²) in [5.41, 5.74) is 2.42. The van der Waals surface area contributed by atoms with Crippen LogP contribution in [0.25, 0.3) is 0 Å². The number of hydrazone groups is 1. The molecule has 0 atom stereocenters. The summed E-state index contributed by atoms with van der Waals surface area (Å²) in [6, 6.07) is 9.91. The van der Waals surface area contributed by atoms with E-state index >= 15 is 0 Å². The molecule has 0 aliphatic carbocycles. The molecule has 0 spiro atoms. The lowest BCUT2D eigenvalue weighted by Gasteiger charge is -2.15. The molecule has 0 unspecified atom stereocenters. The minimum Gasteiger partial charge on any atom is -0.267 e. The Hall–Kier alpha value is -2.29. The van der Waals surface area contributed by atoms with Gasteiger partial charge in [0.2, 0.25) is 10.0 Å². The van der Waals surface area contributed by atoms with Crippen molar-refractivity contribution in [2.75, 3.05) is 13.1 Å². The van der Waals surface area contributed by atoms with Crippen LogP contribution in [0.5, 0.6) is 0 Å². The number of hydrogen-bond acceptors (Lipinski definition) is 4. The van der Waals surface area contributed by atoms with Crippen LogP contribution in [0.15, 0.2) is 52.5 Å². The summed E-state index contributed by atoms with van der Waals surface area (Å²) in [7, 11) is -3.62. The van der Waals surface area contributed by atoms with Gasteiger partial charge >= 0.3 is 0 Å². The maximum Gasteiger partial charge on any atom is 0.271 e. The van der Waals surface area contributed by atoms with Gasteiger partial charge < -0.3 is 0 Å². The van der Waals surface area contributed by atoms with Gasteiger partial charge in [0.1, 0.15) is 5.82 Å². The SMILES string of the molecule is O=C(N/N=C\c1c(F)cccc1Cl)c1cccc(S(=O)(=O)N2CCCC2)c1. The summed E-state index contributed by atoms with van der Waals surface area (Å²) in [4.78, 5) is 12.3. The summed E-state index contributed by atoms with van der Waals surface area (Å²) in [5, 5.41) is 3.86. The zero-order valence-electron chi connectivity index (χ0n) is 14.2. The fraction of sp³-hybridized carbons (Fsp3) is 0.222. The molecule has 1 N–H and O–H groups in total. The van der Waals surface area contributed by atoms with Gasteiger partial charge in [0.15, 0.2) is 0 Å². The number of nitrogens with zero attached hydrogens (tertiary/aromatic N) is 2. The van der Waals surface area contributed by atoms with Crippen LogP contribution in [-0.2, 0) is 10.0 Å². The average Bonchev–Trinajstić information content (AvgIpc) is 3.20. The smallest absolute Gasteiger partial charge is 0.267 e. The Bertz CT molecular complexity index is 969. The second-order valence-corrected chi connectivity index (χ2v) is 8.32. The van der Waals surface area contributed by atoms with E-state index in [1.54, 1.807) is 0 Å². The van der Waals surface area contributed by atoms with Crippen molar-refractivity contribution in [2.45, 2.75) is 17.7 Å². The van der Waals surface area contributed by atoms with Gasteiger partial charge in [-0.05, 0) is 43.2 Å². The van der Waals surface area contributed by atoms with E-state index in [0.717, 1.165) is 19.1 Å². The van der Waals surface area contributed by atoms with Crippen LogP contribution in [0.3, 0.4) is 0 Å². The first kappa shape index (κ1) is 19.5.